The van der Waals surface area contributed by atoms with Gasteiger partial charge in [0, 0.05) is 53.2 Å². The fourth-order valence-corrected chi connectivity index (χ4v) is 3.75. The van der Waals surface area contributed by atoms with Crippen LogP contribution < -0.4 is 5.32 Å². The summed E-state index contributed by atoms with van der Waals surface area (Å²) in [6.45, 7) is 4.94. The third kappa shape index (κ3) is 4.03. The van der Waals surface area contributed by atoms with Crippen molar-refractivity contribution in [3.63, 3.8) is 0 Å². The minimum Gasteiger partial charge on any atom is -0.361 e. The van der Waals surface area contributed by atoms with Gasteiger partial charge in [-0.3, -0.25) is 4.79 Å². The first-order valence-electron chi connectivity index (χ1n) is 9.72. The third-order valence-electron chi connectivity index (χ3n) is 5.13. The lowest BCUT2D eigenvalue weighted by Gasteiger charge is -2.27. The molecule has 0 atom stereocenters. The van der Waals surface area contributed by atoms with Gasteiger partial charge in [0.15, 0.2) is 5.11 Å². The summed E-state index contributed by atoms with van der Waals surface area (Å²) in [5.41, 5.74) is 4.50. The highest BCUT2D eigenvalue weighted by Crippen LogP contribution is 2.23. The zero-order valence-corrected chi connectivity index (χ0v) is 17.3. The molecule has 0 aliphatic carbocycles. The Morgan fingerprint density at radius 1 is 0.931 bits per heavy atom. The lowest BCUT2D eigenvalue weighted by molar-refractivity contribution is -0.122. The molecule has 2 aromatic heterocycles. The lowest BCUT2D eigenvalue weighted by Crippen LogP contribution is -2.43. The zero-order valence-electron chi connectivity index (χ0n) is 16.5. The second-order valence-electron chi connectivity index (χ2n) is 7.52. The number of aromatic nitrogens is 2. The van der Waals surface area contributed by atoms with Gasteiger partial charge in [0.25, 0.3) is 0 Å². The molecule has 0 saturated heterocycles. The number of hydrogen-bond donors (Lipinski definition) is 3. The van der Waals surface area contributed by atoms with Gasteiger partial charge in [0.1, 0.15) is 0 Å². The average molecular weight is 405 g/mol. The van der Waals surface area contributed by atoms with Crippen LogP contribution in [0.15, 0.2) is 60.9 Å². The van der Waals surface area contributed by atoms with E-state index in [1.165, 1.54) is 0 Å². The standard InChI is InChI=1S/C23H24N4OS/c1-15(2)22(28)26-23(29)27(13-16-5-3-7-20-18(16)9-11-24-20)14-17-6-4-8-21-19(17)10-12-25-21/h3-12,15,24-25H,13-14H2,1-2H3,(H,26,28,29). The first kappa shape index (κ1) is 19.2. The highest BCUT2D eigenvalue weighted by Gasteiger charge is 2.18. The largest absolute Gasteiger partial charge is 0.361 e. The van der Waals surface area contributed by atoms with Crippen LogP contribution in [0.5, 0.6) is 0 Å². The Labute approximate surface area is 175 Å². The molecule has 0 aliphatic heterocycles. The number of nitrogens with zero attached hydrogens (tertiary/aromatic N) is 1. The molecule has 0 bridgehead atoms. The Balaban J connectivity index is 1.67. The Bertz CT molecular complexity index is 1100. The molecule has 2 heterocycles. The second-order valence-corrected chi connectivity index (χ2v) is 7.90. The van der Waals surface area contributed by atoms with Gasteiger partial charge in [-0.15, -0.1) is 0 Å². The normalized spacial score (nSPS) is 11.3. The van der Waals surface area contributed by atoms with E-state index in [2.05, 4.69) is 56.6 Å². The van der Waals surface area contributed by atoms with E-state index in [9.17, 15) is 4.79 Å². The maximum absolute atomic E-state index is 12.3. The molecule has 6 heteroatoms. The van der Waals surface area contributed by atoms with Gasteiger partial charge in [-0.05, 0) is 47.6 Å². The predicted octanol–water partition coefficient (Wildman–Crippen LogP) is 4.71. The molecular weight excluding hydrogens is 380 g/mol. The van der Waals surface area contributed by atoms with Crippen molar-refractivity contribution in [2.45, 2.75) is 26.9 Å². The van der Waals surface area contributed by atoms with Crippen LogP contribution in [0.1, 0.15) is 25.0 Å². The van der Waals surface area contributed by atoms with Crippen molar-refractivity contribution in [2.24, 2.45) is 5.92 Å². The van der Waals surface area contributed by atoms with Gasteiger partial charge in [-0.2, -0.15) is 0 Å². The van der Waals surface area contributed by atoms with E-state index >= 15 is 0 Å². The molecule has 5 nitrogen and oxygen atoms in total. The number of thiocarbonyl (C=S) groups is 1. The highest BCUT2D eigenvalue weighted by atomic mass is 32.1. The summed E-state index contributed by atoms with van der Waals surface area (Å²) in [5.74, 6) is -0.198. The van der Waals surface area contributed by atoms with Crippen molar-refractivity contribution in [3.05, 3.63) is 72.1 Å². The summed E-state index contributed by atoms with van der Waals surface area (Å²) in [5, 5.41) is 5.68. The fourth-order valence-electron chi connectivity index (χ4n) is 3.52. The van der Waals surface area contributed by atoms with Gasteiger partial charge in [-0.1, -0.05) is 38.1 Å². The van der Waals surface area contributed by atoms with Crippen LogP contribution in [0.25, 0.3) is 21.8 Å². The maximum atomic E-state index is 12.3. The minimum absolute atomic E-state index is 0.0697. The van der Waals surface area contributed by atoms with Crippen LogP contribution in [0.4, 0.5) is 0 Å². The van der Waals surface area contributed by atoms with E-state index in [1.807, 2.05) is 38.4 Å². The van der Waals surface area contributed by atoms with Crippen LogP contribution in [0, 0.1) is 5.92 Å². The van der Waals surface area contributed by atoms with E-state index < -0.39 is 0 Å². The Morgan fingerprint density at radius 2 is 1.45 bits per heavy atom. The number of aromatic amines is 2. The van der Waals surface area contributed by atoms with E-state index in [4.69, 9.17) is 12.2 Å². The SMILES string of the molecule is CC(C)C(=O)NC(=S)N(Cc1cccc2[nH]ccc12)Cc1cccc2[nH]ccc12. The number of carbonyl (C=O) groups is 1. The van der Waals surface area contributed by atoms with Crippen LogP contribution in [0.3, 0.4) is 0 Å². The van der Waals surface area contributed by atoms with E-state index in [0.29, 0.717) is 18.2 Å². The second kappa shape index (κ2) is 8.09. The molecule has 0 aliphatic rings. The van der Waals surface area contributed by atoms with Crippen molar-refractivity contribution < 1.29 is 4.79 Å². The van der Waals surface area contributed by atoms with Gasteiger partial charge in [0.2, 0.25) is 5.91 Å². The molecule has 148 valence electrons. The van der Waals surface area contributed by atoms with E-state index in [-0.39, 0.29) is 11.8 Å². The summed E-state index contributed by atoms with van der Waals surface area (Å²) in [6, 6.07) is 16.5. The van der Waals surface area contributed by atoms with Crippen molar-refractivity contribution in [1.29, 1.82) is 0 Å². The maximum Gasteiger partial charge on any atom is 0.228 e. The number of benzene rings is 2. The van der Waals surface area contributed by atoms with Crippen molar-refractivity contribution in [3.8, 4) is 0 Å². The van der Waals surface area contributed by atoms with Gasteiger partial charge in [0.05, 0.1) is 0 Å². The average Bonchev–Trinajstić information content (AvgIpc) is 3.37. The van der Waals surface area contributed by atoms with Gasteiger partial charge >= 0.3 is 0 Å². The summed E-state index contributed by atoms with van der Waals surface area (Å²) in [6.07, 6.45) is 3.88. The Hall–Kier alpha value is -3.12. The summed E-state index contributed by atoms with van der Waals surface area (Å²) < 4.78 is 0. The molecule has 0 fully saturated rings. The van der Waals surface area contributed by atoms with Crippen molar-refractivity contribution >= 4 is 45.0 Å². The molecule has 4 aromatic rings. The number of rotatable bonds is 5. The number of amides is 1. The van der Waals surface area contributed by atoms with Crippen LogP contribution in [-0.2, 0) is 17.9 Å². The summed E-state index contributed by atoms with van der Waals surface area (Å²) in [7, 11) is 0. The van der Waals surface area contributed by atoms with Crippen LogP contribution in [0.2, 0.25) is 0 Å². The predicted molar refractivity (Wildman–Crippen MR) is 121 cm³/mol. The molecule has 0 radical (unpaired) electrons. The number of H-pyrrole nitrogens is 2. The molecular formula is C23H24N4OS. The van der Waals surface area contributed by atoms with E-state index in [1.54, 1.807) is 0 Å². The number of nitrogens with one attached hydrogen (secondary N) is 3. The first-order valence-corrected chi connectivity index (χ1v) is 10.1. The molecule has 0 spiro atoms. The van der Waals surface area contributed by atoms with Crippen molar-refractivity contribution in [2.75, 3.05) is 0 Å². The third-order valence-corrected chi connectivity index (χ3v) is 5.49. The number of fused-ring (bicyclic) bond motifs is 2. The van der Waals surface area contributed by atoms with Crippen molar-refractivity contribution in [1.82, 2.24) is 20.2 Å². The Morgan fingerprint density at radius 3 is 1.93 bits per heavy atom. The summed E-state index contributed by atoms with van der Waals surface area (Å²) >= 11 is 5.65. The Kier molecular flexibility index (Phi) is 5.36. The van der Waals surface area contributed by atoms with E-state index in [0.717, 1.165) is 32.9 Å². The molecule has 0 saturated carbocycles. The smallest absolute Gasteiger partial charge is 0.228 e. The molecule has 1 amide bonds. The van der Waals surface area contributed by atoms with Gasteiger partial charge < -0.3 is 20.2 Å². The molecule has 2 aromatic carbocycles. The van der Waals surface area contributed by atoms with Crippen LogP contribution >= 0.6 is 12.2 Å². The minimum atomic E-state index is -0.129. The molecule has 0 unspecified atom stereocenters. The zero-order chi connectivity index (χ0) is 20.4. The summed E-state index contributed by atoms with van der Waals surface area (Å²) in [4.78, 5) is 20.8. The fraction of sp³-hybridized carbons (Fsp3) is 0.217. The quantitative estimate of drug-likeness (QED) is 0.422. The number of hydrogen-bond acceptors (Lipinski definition) is 2. The topological polar surface area (TPSA) is 63.9 Å². The lowest BCUT2D eigenvalue weighted by atomic mass is 10.1. The van der Waals surface area contributed by atoms with Gasteiger partial charge in [-0.25, -0.2) is 0 Å². The number of carbonyl (C=O) groups excluding carboxylic acids is 1. The molecule has 4 rings (SSSR count). The highest BCUT2D eigenvalue weighted by molar-refractivity contribution is 7.80. The van der Waals surface area contributed by atoms with Crippen LogP contribution in [-0.4, -0.2) is 25.9 Å². The molecule has 3 N–H and O–H groups in total. The molecule has 29 heavy (non-hydrogen) atoms. The first-order chi connectivity index (χ1) is 14.0. The monoisotopic (exact) mass is 404 g/mol.